The van der Waals surface area contributed by atoms with Crippen LogP contribution in [0.15, 0.2) is 24.3 Å². The summed E-state index contributed by atoms with van der Waals surface area (Å²) in [6, 6.07) is 8.78. The van der Waals surface area contributed by atoms with Crippen LogP contribution in [0.2, 0.25) is 0 Å². The van der Waals surface area contributed by atoms with Gasteiger partial charge in [0, 0.05) is 12.3 Å². The van der Waals surface area contributed by atoms with Gasteiger partial charge in [0.05, 0.1) is 0 Å². The van der Waals surface area contributed by atoms with Crippen LogP contribution in [0.1, 0.15) is 68.9 Å². The highest BCUT2D eigenvalue weighted by molar-refractivity contribution is 5.86. The molecule has 0 heterocycles. The van der Waals surface area contributed by atoms with E-state index in [0.717, 1.165) is 19.3 Å². The van der Waals surface area contributed by atoms with Gasteiger partial charge < -0.3 is 0 Å². The molecule has 1 aromatic rings. The first-order chi connectivity index (χ1) is 8.81. The molecule has 1 aliphatic rings. The van der Waals surface area contributed by atoms with Gasteiger partial charge in [-0.25, -0.2) is 0 Å². The third-order valence-corrected chi connectivity index (χ3v) is 4.01. The topological polar surface area (TPSA) is 17.1 Å². The third kappa shape index (κ3) is 3.44. The Morgan fingerprint density at radius 3 is 2.56 bits per heavy atom. The van der Waals surface area contributed by atoms with Crippen LogP contribution in [0.25, 0.3) is 0 Å². The number of hydrogen-bond acceptors (Lipinski definition) is 1. The van der Waals surface area contributed by atoms with E-state index >= 15 is 0 Å². The summed E-state index contributed by atoms with van der Waals surface area (Å²) in [7, 11) is 0. The van der Waals surface area contributed by atoms with Crippen LogP contribution < -0.4 is 0 Å². The van der Waals surface area contributed by atoms with Crippen LogP contribution in [0, 0.1) is 0 Å². The van der Waals surface area contributed by atoms with Gasteiger partial charge in [0.1, 0.15) is 5.78 Å². The van der Waals surface area contributed by atoms with Crippen molar-refractivity contribution < 1.29 is 4.79 Å². The number of benzene rings is 1. The molecule has 18 heavy (non-hydrogen) atoms. The molecule has 1 unspecified atom stereocenters. The number of ketones is 1. The average molecular weight is 244 g/mol. The largest absolute Gasteiger partial charge is 0.299 e. The van der Waals surface area contributed by atoms with E-state index in [1.807, 2.05) is 0 Å². The van der Waals surface area contributed by atoms with Crippen LogP contribution >= 0.6 is 0 Å². The molecule has 98 valence electrons. The first kappa shape index (κ1) is 13.3. The molecule has 1 atom stereocenters. The van der Waals surface area contributed by atoms with Crippen molar-refractivity contribution in [1.82, 2.24) is 0 Å². The SMILES string of the molecule is CCCCCc1ccc(C2CCCCC2=O)cc1. The Morgan fingerprint density at radius 1 is 1.11 bits per heavy atom. The second kappa shape index (κ2) is 6.72. The number of aryl methyl sites for hydroxylation is 1. The fourth-order valence-corrected chi connectivity index (χ4v) is 2.83. The molecule has 0 saturated heterocycles. The van der Waals surface area contributed by atoms with Crippen LogP contribution in [0.3, 0.4) is 0 Å². The summed E-state index contributed by atoms with van der Waals surface area (Å²) in [6.07, 6.45) is 9.15. The lowest BCUT2D eigenvalue weighted by atomic mass is 9.83. The van der Waals surface area contributed by atoms with Crippen molar-refractivity contribution in [1.29, 1.82) is 0 Å². The van der Waals surface area contributed by atoms with Gasteiger partial charge in [-0.15, -0.1) is 0 Å². The third-order valence-electron chi connectivity index (χ3n) is 4.01. The van der Waals surface area contributed by atoms with Crippen LogP contribution in [0.4, 0.5) is 0 Å². The van der Waals surface area contributed by atoms with Crippen molar-refractivity contribution in [3.63, 3.8) is 0 Å². The molecule has 1 fully saturated rings. The van der Waals surface area contributed by atoms with Crippen molar-refractivity contribution in [3.05, 3.63) is 35.4 Å². The summed E-state index contributed by atoms with van der Waals surface area (Å²) in [4.78, 5) is 11.9. The van der Waals surface area contributed by atoms with E-state index in [9.17, 15) is 4.79 Å². The number of carbonyl (C=O) groups is 1. The summed E-state index contributed by atoms with van der Waals surface area (Å²) in [5, 5.41) is 0. The summed E-state index contributed by atoms with van der Waals surface area (Å²) < 4.78 is 0. The van der Waals surface area contributed by atoms with Gasteiger partial charge in [-0.1, -0.05) is 50.5 Å². The maximum Gasteiger partial charge on any atom is 0.140 e. The maximum absolute atomic E-state index is 11.9. The van der Waals surface area contributed by atoms with Crippen LogP contribution in [-0.4, -0.2) is 5.78 Å². The highest BCUT2D eigenvalue weighted by atomic mass is 16.1. The van der Waals surface area contributed by atoms with Crippen LogP contribution in [0.5, 0.6) is 0 Å². The fraction of sp³-hybridized carbons (Fsp3) is 0.588. The lowest BCUT2D eigenvalue weighted by Crippen LogP contribution is -2.16. The number of carbonyl (C=O) groups excluding carboxylic acids is 1. The van der Waals surface area contributed by atoms with Gasteiger partial charge >= 0.3 is 0 Å². The van der Waals surface area contributed by atoms with E-state index in [2.05, 4.69) is 31.2 Å². The predicted octanol–water partition coefficient (Wildman–Crippen LogP) is 4.65. The lowest BCUT2D eigenvalue weighted by Gasteiger charge is -2.20. The zero-order valence-electron chi connectivity index (χ0n) is 11.5. The second-order valence-electron chi connectivity index (χ2n) is 5.46. The monoisotopic (exact) mass is 244 g/mol. The molecule has 1 saturated carbocycles. The van der Waals surface area contributed by atoms with E-state index < -0.39 is 0 Å². The first-order valence-corrected chi connectivity index (χ1v) is 7.43. The molecular weight excluding hydrogens is 220 g/mol. The van der Waals surface area contributed by atoms with Crippen molar-refractivity contribution in [3.8, 4) is 0 Å². The zero-order chi connectivity index (χ0) is 12.8. The summed E-state index contributed by atoms with van der Waals surface area (Å²) >= 11 is 0. The Bertz CT molecular complexity index is 377. The van der Waals surface area contributed by atoms with Crippen molar-refractivity contribution >= 4 is 5.78 Å². The van der Waals surface area contributed by atoms with Crippen molar-refractivity contribution in [2.75, 3.05) is 0 Å². The summed E-state index contributed by atoms with van der Waals surface area (Å²) in [6.45, 7) is 2.23. The zero-order valence-corrected chi connectivity index (χ0v) is 11.5. The van der Waals surface area contributed by atoms with Gasteiger partial charge in [0.15, 0.2) is 0 Å². The minimum atomic E-state index is 0.184. The van der Waals surface area contributed by atoms with E-state index in [-0.39, 0.29) is 5.92 Å². The number of hydrogen-bond donors (Lipinski definition) is 0. The van der Waals surface area contributed by atoms with Gasteiger partial charge in [0.2, 0.25) is 0 Å². The quantitative estimate of drug-likeness (QED) is 0.689. The Morgan fingerprint density at radius 2 is 1.89 bits per heavy atom. The number of Topliss-reactive ketones (excluding diaryl/α,β-unsaturated/α-hetero) is 1. The molecule has 1 aromatic carbocycles. The molecule has 0 N–H and O–H groups in total. The molecule has 1 aliphatic carbocycles. The second-order valence-corrected chi connectivity index (χ2v) is 5.46. The minimum Gasteiger partial charge on any atom is -0.299 e. The maximum atomic E-state index is 11.9. The van der Waals surface area contributed by atoms with Gasteiger partial charge in [-0.3, -0.25) is 4.79 Å². The van der Waals surface area contributed by atoms with Crippen molar-refractivity contribution in [2.24, 2.45) is 0 Å². The van der Waals surface area contributed by atoms with E-state index in [0.29, 0.717) is 5.78 Å². The Balaban J connectivity index is 1.96. The molecule has 0 bridgehead atoms. The van der Waals surface area contributed by atoms with Crippen LogP contribution in [-0.2, 0) is 11.2 Å². The fourth-order valence-electron chi connectivity index (χ4n) is 2.83. The lowest BCUT2D eigenvalue weighted by molar-refractivity contribution is -0.121. The highest BCUT2D eigenvalue weighted by Gasteiger charge is 2.23. The highest BCUT2D eigenvalue weighted by Crippen LogP contribution is 2.30. The summed E-state index contributed by atoms with van der Waals surface area (Å²) in [5.74, 6) is 0.628. The van der Waals surface area contributed by atoms with Gasteiger partial charge in [0.25, 0.3) is 0 Å². The van der Waals surface area contributed by atoms with Gasteiger partial charge in [-0.2, -0.15) is 0 Å². The Kier molecular flexibility index (Phi) is 4.98. The van der Waals surface area contributed by atoms with E-state index in [1.54, 1.807) is 0 Å². The molecule has 1 nitrogen and oxygen atoms in total. The number of unbranched alkanes of at least 4 members (excludes halogenated alkanes) is 2. The number of rotatable bonds is 5. The van der Waals surface area contributed by atoms with Crippen molar-refractivity contribution in [2.45, 2.75) is 64.2 Å². The smallest absolute Gasteiger partial charge is 0.140 e. The molecular formula is C17H24O. The molecule has 0 aliphatic heterocycles. The molecule has 2 rings (SSSR count). The minimum absolute atomic E-state index is 0.184. The average Bonchev–Trinajstić information content (AvgIpc) is 2.41. The molecule has 0 spiro atoms. The molecule has 1 heteroatoms. The Labute approximate surface area is 111 Å². The molecule has 0 amide bonds. The van der Waals surface area contributed by atoms with E-state index in [1.165, 1.54) is 43.2 Å². The Hall–Kier alpha value is -1.11. The van der Waals surface area contributed by atoms with E-state index in [4.69, 9.17) is 0 Å². The summed E-state index contributed by atoms with van der Waals surface area (Å²) in [5.41, 5.74) is 2.65. The molecule has 0 aromatic heterocycles. The molecule has 0 radical (unpaired) electrons. The standard InChI is InChI=1S/C17H24O/c1-2-3-4-7-14-10-12-15(13-11-14)16-8-5-6-9-17(16)18/h10-13,16H,2-9H2,1H3. The normalized spacial score (nSPS) is 20.1. The first-order valence-electron chi connectivity index (χ1n) is 7.43. The van der Waals surface area contributed by atoms with Gasteiger partial charge in [-0.05, 0) is 36.8 Å². The predicted molar refractivity (Wildman–Crippen MR) is 75.9 cm³/mol.